The van der Waals surface area contributed by atoms with E-state index in [4.69, 9.17) is 9.15 Å². The molecule has 0 saturated carbocycles. The molecule has 0 bridgehead atoms. The van der Waals surface area contributed by atoms with Crippen LogP contribution in [0.4, 0.5) is 16.0 Å². The van der Waals surface area contributed by atoms with Gasteiger partial charge in [-0.05, 0) is 37.1 Å². The number of nitrogens with zero attached hydrogens (tertiary/aromatic N) is 3. The first-order valence-corrected chi connectivity index (χ1v) is 11.6. The van der Waals surface area contributed by atoms with E-state index in [1.54, 1.807) is 26.2 Å². The molecule has 178 valence electrons. The highest BCUT2D eigenvalue weighted by molar-refractivity contribution is 6.01. The van der Waals surface area contributed by atoms with Crippen LogP contribution in [-0.2, 0) is 4.74 Å². The summed E-state index contributed by atoms with van der Waals surface area (Å²) in [5.41, 5.74) is 1.87. The normalized spacial score (nSPS) is 18.5. The van der Waals surface area contributed by atoms with E-state index in [1.165, 1.54) is 17.0 Å². The number of fused-ring (bicyclic) bond motifs is 1. The van der Waals surface area contributed by atoms with Crippen LogP contribution < -0.4 is 15.2 Å². The first-order valence-electron chi connectivity index (χ1n) is 11.6. The number of morpholine rings is 1. The van der Waals surface area contributed by atoms with Crippen molar-refractivity contribution in [3.05, 3.63) is 69.6 Å². The fourth-order valence-corrected chi connectivity index (χ4v) is 4.94. The van der Waals surface area contributed by atoms with Gasteiger partial charge in [0.15, 0.2) is 0 Å². The number of rotatable bonds is 4. The highest BCUT2D eigenvalue weighted by Gasteiger charge is 2.32. The van der Waals surface area contributed by atoms with Gasteiger partial charge in [0.2, 0.25) is 11.3 Å². The molecule has 0 radical (unpaired) electrons. The number of carbonyl (C=O) groups excluding carboxylic acids is 1. The number of amides is 1. The van der Waals surface area contributed by atoms with E-state index in [0.29, 0.717) is 43.2 Å². The number of anilines is 2. The summed E-state index contributed by atoms with van der Waals surface area (Å²) in [6.45, 7) is 2.83. The lowest BCUT2D eigenvalue weighted by Gasteiger charge is -2.30. The van der Waals surface area contributed by atoms with Gasteiger partial charge < -0.3 is 23.9 Å². The maximum absolute atomic E-state index is 14.0. The van der Waals surface area contributed by atoms with Crippen LogP contribution in [-0.4, -0.2) is 57.8 Å². The standard InChI is InChI=1S/C26H28FN3O4/c1-28(2)25(32)22-23(31)20-9-4-8-19(24(20)34-26(22)29-12-14-33-15-13-29)21-10-5-11-30(21)18-7-3-6-17(27)16-18/h3-4,6-9,16,21H,5,10-15H2,1-2H3. The molecule has 7 nitrogen and oxygen atoms in total. The summed E-state index contributed by atoms with van der Waals surface area (Å²) in [5, 5.41) is 0.380. The van der Waals surface area contributed by atoms with Crippen molar-refractivity contribution < 1.29 is 18.3 Å². The molecule has 2 fully saturated rings. The van der Waals surface area contributed by atoms with Crippen molar-refractivity contribution in [1.29, 1.82) is 0 Å². The molecule has 5 rings (SSSR count). The molecule has 8 heteroatoms. The molecule has 34 heavy (non-hydrogen) atoms. The second-order valence-corrected chi connectivity index (χ2v) is 8.97. The van der Waals surface area contributed by atoms with Gasteiger partial charge in [0, 0.05) is 45.0 Å². The molecular formula is C26H28FN3O4. The van der Waals surface area contributed by atoms with Crippen molar-refractivity contribution >= 4 is 28.4 Å². The summed E-state index contributed by atoms with van der Waals surface area (Å²) in [6.07, 6.45) is 1.79. The molecule has 0 aliphatic carbocycles. The minimum Gasteiger partial charge on any atom is -0.439 e. The van der Waals surface area contributed by atoms with Gasteiger partial charge in [-0.1, -0.05) is 18.2 Å². The van der Waals surface area contributed by atoms with Gasteiger partial charge in [-0.25, -0.2) is 4.39 Å². The zero-order valence-electron chi connectivity index (χ0n) is 19.4. The Morgan fingerprint density at radius 3 is 2.59 bits per heavy atom. The third-order valence-electron chi connectivity index (χ3n) is 6.60. The highest BCUT2D eigenvalue weighted by atomic mass is 19.1. The number of hydrogen-bond acceptors (Lipinski definition) is 6. The van der Waals surface area contributed by atoms with Crippen LogP contribution in [0.3, 0.4) is 0 Å². The van der Waals surface area contributed by atoms with E-state index < -0.39 is 0 Å². The molecule has 2 aromatic carbocycles. The average molecular weight is 466 g/mol. The van der Waals surface area contributed by atoms with E-state index in [2.05, 4.69) is 4.90 Å². The first kappa shape index (κ1) is 22.4. The molecule has 1 unspecified atom stereocenters. The molecule has 1 atom stereocenters. The Kier molecular flexibility index (Phi) is 6.00. The van der Waals surface area contributed by atoms with Gasteiger partial charge in [0.05, 0.1) is 24.6 Å². The SMILES string of the molecule is CN(C)C(=O)c1c(N2CCOCC2)oc2c(C3CCCN3c3cccc(F)c3)cccc2c1=O. The minimum atomic E-state index is -0.384. The van der Waals surface area contributed by atoms with Crippen LogP contribution in [0.25, 0.3) is 11.0 Å². The molecule has 2 aliphatic heterocycles. The Morgan fingerprint density at radius 1 is 1.09 bits per heavy atom. The molecule has 2 saturated heterocycles. The van der Waals surface area contributed by atoms with Gasteiger partial charge in [-0.3, -0.25) is 9.59 Å². The zero-order chi connectivity index (χ0) is 23.8. The fourth-order valence-electron chi connectivity index (χ4n) is 4.94. The summed E-state index contributed by atoms with van der Waals surface area (Å²) in [7, 11) is 3.25. The minimum absolute atomic E-state index is 0.0463. The third kappa shape index (κ3) is 3.92. The number of benzene rings is 2. The van der Waals surface area contributed by atoms with Crippen molar-refractivity contribution in [3.63, 3.8) is 0 Å². The predicted molar refractivity (Wildman–Crippen MR) is 129 cm³/mol. The summed E-state index contributed by atoms with van der Waals surface area (Å²) < 4.78 is 25.9. The molecule has 3 aromatic rings. The van der Waals surface area contributed by atoms with E-state index in [0.717, 1.165) is 30.6 Å². The van der Waals surface area contributed by atoms with Crippen molar-refractivity contribution in [1.82, 2.24) is 4.90 Å². The van der Waals surface area contributed by atoms with E-state index in [9.17, 15) is 14.0 Å². The second kappa shape index (κ2) is 9.10. The van der Waals surface area contributed by atoms with Crippen molar-refractivity contribution in [2.75, 3.05) is 56.7 Å². The first-order chi connectivity index (χ1) is 16.5. The highest BCUT2D eigenvalue weighted by Crippen LogP contribution is 2.40. The zero-order valence-corrected chi connectivity index (χ0v) is 19.4. The lowest BCUT2D eigenvalue weighted by Crippen LogP contribution is -2.39. The predicted octanol–water partition coefficient (Wildman–Crippen LogP) is 3.81. The Balaban J connectivity index is 1.69. The fraction of sp³-hybridized carbons (Fsp3) is 0.385. The topological polar surface area (TPSA) is 66.2 Å². The Bertz CT molecular complexity index is 1280. The van der Waals surface area contributed by atoms with E-state index >= 15 is 0 Å². The maximum atomic E-state index is 14.0. The van der Waals surface area contributed by atoms with Gasteiger partial charge in [0.25, 0.3) is 5.91 Å². The third-order valence-corrected chi connectivity index (χ3v) is 6.60. The molecule has 0 N–H and O–H groups in total. The summed E-state index contributed by atoms with van der Waals surface area (Å²) in [6, 6.07) is 12.0. The van der Waals surface area contributed by atoms with Crippen molar-refractivity contribution in [3.8, 4) is 0 Å². The lowest BCUT2D eigenvalue weighted by atomic mass is 10.00. The van der Waals surface area contributed by atoms with Gasteiger partial charge in [-0.2, -0.15) is 0 Å². The number of ether oxygens (including phenoxy) is 1. The molecule has 2 aliphatic rings. The number of carbonyl (C=O) groups is 1. The molecular weight excluding hydrogens is 437 g/mol. The van der Waals surface area contributed by atoms with Gasteiger partial charge in [0.1, 0.15) is 17.0 Å². The van der Waals surface area contributed by atoms with Crippen molar-refractivity contribution in [2.24, 2.45) is 0 Å². The lowest BCUT2D eigenvalue weighted by molar-refractivity contribution is 0.0823. The second-order valence-electron chi connectivity index (χ2n) is 8.97. The number of hydrogen-bond donors (Lipinski definition) is 0. The van der Waals surface area contributed by atoms with Crippen LogP contribution >= 0.6 is 0 Å². The molecule has 0 spiro atoms. The molecule has 1 amide bonds. The van der Waals surface area contributed by atoms with E-state index in [1.807, 2.05) is 23.1 Å². The van der Waals surface area contributed by atoms with Crippen LogP contribution in [0.5, 0.6) is 0 Å². The van der Waals surface area contributed by atoms with Gasteiger partial charge in [-0.15, -0.1) is 0 Å². The Labute approximate surface area is 197 Å². The quantitative estimate of drug-likeness (QED) is 0.584. The van der Waals surface area contributed by atoms with Crippen LogP contribution in [0.2, 0.25) is 0 Å². The van der Waals surface area contributed by atoms with Crippen LogP contribution in [0.15, 0.2) is 51.7 Å². The monoisotopic (exact) mass is 465 g/mol. The number of para-hydroxylation sites is 1. The molecule has 3 heterocycles. The van der Waals surface area contributed by atoms with Crippen molar-refractivity contribution in [2.45, 2.75) is 18.9 Å². The molecule has 1 aromatic heterocycles. The average Bonchev–Trinajstić information content (AvgIpc) is 3.33. The van der Waals surface area contributed by atoms with Gasteiger partial charge >= 0.3 is 0 Å². The van der Waals surface area contributed by atoms with E-state index in [-0.39, 0.29) is 28.8 Å². The number of halogens is 1. The smallest absolute Gasteiger partial charge is 0.262 e. The Hall–Kier alpha value is -3.39. The van der Waals surface area contributed by atoms with Crippen LogP contribution in [0.1, 0.15) is 34.8 Å². The summed E-state index contributed by atoms with van der Waals surface area (Å²) in [5.74, 6) is -0.374. The van der Waals surface area contributed by atoms with Crippen LogP contribution in [0, 0.1) is 5.82 Å². The summed E-state index contributed by atoms with van der Waals surface area (Å²) in [4.78, 5) is 32.2. The largest absolute Gasteiger partial charge is 0.439 e. The Morgan fingerprint density at radius 2 is 1.85 bits per heavy atom. The maximum Gasteiger partial charge on any atom is 0.262 e. The summed E-state index contributed by atoms with van der Waals surface area (Å²) >= 11 is 0.